The summed E-state index contributed by atoms with van der Waals surface area (Å²) in [6.07, 6.45) is 3.10. The number of likely N-dealkylation sites (N-methyl/N-ethyl adjacent to an activating group) is 1. The number of rotatable bonds is 7. The van der Waals surface area contributed by atoms with Crippen LogP contribution in [0.4, 0.5) is 27.9 Å². The largest absolute Gasteiger partial charge is 0.344 e. The molecule has 1 aromatic carbocycles. The van der Waals surface area contributed by atoms with Crippen molar-refractivity contribution < 1.29 is 22.0 Å². The zero-order chi connectivity index (χ0) is 25.2. The van der Waals surface area contributed by atoms with Crippen molar-refractivity contribution in [3.8, 4) is 11.8 Å². The summed E-state index contributed by atoms with van der Waals surface area (Å²) in [4.78, 5) is 19.3. The zero-order valence-electron chi connectivity index (χ0n) is 18.5. The minimum atomic E-state index is -2.25. The Balaban J connectivity index is 2.03. The molecule has 180 valence electrons. The third-order valence-electron chi connectivity index (χ3n) is 4.85. The van der Waals surface area contributed by atoms with Gasteiger partial charge in [-0.25, -0.2) is 31.6 Å². The van der Waals surface area contributed by atoms with Gasteiger partial charge in [-0.1, -0.05) is 18.1 Å². The first-order valence-electron chi connectivity index (χ1n) is 10.1. The van der Waals surface area contributed by atoms with Crippen molar-refractivity contribution in [1.82, 2.24) is 19.3 Å². The summed E-state index contributed by atoms with van der Waals surface area (Å²) in [5.41, 5.74) is 4.66. The van der Waals surface area contributed by atoms with Crippen LogP contribution in [0.5, 0.6) is 0 Å². The predicted molar refractivity (Wildman–Crippen MR) is 117 cm³/mol. The molecule has 3 rings (SSSR count). The number of anilines is 1. The maximum Gasteiger partial charge on any atom is 0.293 e. The van der Waals surface area contributed by atoms with Crippen LogP contribution in [0.3, 0.4) is 0 Å². The van der Waals surface area contributed by atoms with Gasteiger partial charge >= 0.3 is 0 Å². The highest BCUT2D eigenvalue weighted by Gasteiger charge is 2.24. The van der Waals surface area contributed by atoms with E-state index >= 15 is 0 Å². The number of imidazole rings is 1. The van der Waals surface area contributed by atoms with E-state index in [1.807, 2.05) is 6.92 Å². The summed E-state index contributed by atoms with van der Waals surface area (Å²) in [7, 11) is 1.76. The molecule has 2 N–H and O–H groups in total. The Morgan fingerprint density at radius 1 is 1.15 bits per heavy atom. The summed E-state index contributed by atoms with van der Waals surface area (Å²) in [5.74, 6) is -4.22. The number of hydrogen-bond donors (Lipinski definition) is 1. The first-order chi connectivity index (χ1) is 16.1. The van der Waals surface area contributed by atoms with E-state index in [4.69, 9.17) is 5.73 Å². The molecule has 3 aromatic rings. The van der Waals surface area contributed by atoms with Gasteiger partial charge in [0.2, 0.25) is 11.8 Å². The fourth-order valence-corrected chi connectivity index (χ4v) is 3.35. The summed E-state index contributed by atoms with van der Waals surface area (Å²) in [6.45, 7) is 3.78. The highest BCUT2D eigenvalue weighted by Crippen LogP contribution is 2.24. The molecule has 12 heteroatoms. The SMILES string of the molecule is CC#CCn1c(N(C)CC(C)N)nc2cnn(C/C=C/c3c(F)c(F)c(F)c(F)c3F)c(=O)c21. The van der Waals surface area contributed by atoms with E-state index in [2.05, 4.69) is 21.9 Å². The van der Waals surface area contributed by atoms with Crippen molar-refractivity contribution in [3.05, 3.63) is 57.3 Å². The number of hydrogen-bond acceptors (Lipinski definition) is 5. The lowest BCUT2D eigenvalue weighted by molar-refractivity contribution is 0.377. The van der Waals surface area contributed by atoms with Crippen LogP contribution in [0.25, 0.3) is 17.1 Å². The first kappa shape index (κ1) is 24.9. The van der Waals surface area contributed by atoms with Crippen LogP contribution in [-0.4, -0.2) is 39.0 Å². The lowest BCUT2D eigenvalue weighted by atomic mass is 10.1. The monoisotopic (exact) mass is 480 g/mol. The van der Waals surface area contributed by atoms with Crippen LogP contribution in [0.1, 0.15) is 19.4 Å². The molecule has 0 aliphatic carbocycles. The van der Waals surface area contributed by atoms with Crippen LogP contribution >= 0.6 is 0 Å². The topological polar surface area (TPSA) is 82.0 Å². The van der Waals surface area contributed by atoms with Gasteiger partial charge in [-0.05, 0) is 13.8 Å². The summed E-state index contributed by atoms with van der Waals surface area (Å²) in [5, 5.41) is 3.99. The van der Waals surface area contributed by atoms with Gasteiger partial charge in [0.25, 0.3) is 5.56 Å². The maximum absolute atomic E-state index is 13.9. The number of halogens is 5. The molecular formula is C22H21F5N6O. The Hall–Kier alpha value is -3.72. The van der Waals surface area contributed by atoms with E-state index in [1.54, 1.807) is 23.4 Å². The standard InChI is InChI=1S/C22H21F5N6O/c1-4-5-8-32-20-14(30-22(32)31(3)11-12(2)28)10-29-33(21(20)34)9-6-7-13-15(23)17(25)19(27)18(26)16(13)24/h6-7,10,12H,8-9,11,28H2,1-3H3/b7-6+. The van der Waals surface area contributed by atoms with E-state index in [1.165, 1.54) is 6.20 Å². The number of aromatic nitrogens is 4. The van der Waals surface area contributed by atoms with Gasteiger partial charge in [-0.15, -0.1) is 5.92 Å². The molecule has 0 aliphatic heterocycles. The number of fused-ring (bicyclic) bond motifs is 1. The molecule has 0 saturated carbocycles. The minimum absolute atomic E-state index is 0.158. The second-order valence-electron chi connectivity index (χ2n) is 7.53. The molecule has 7 nitrogen and oxygen atoms in total. The van der Waals surface area contributed by atoms with Gasteiger partial charge in [-0.2, -0.15) is 5.10 Å². The van der Waals surface area contributed by atoms with Crippen LogP contribution < -0.4 is 16.2 Å². The van der Waals surface area contributed by atoms with E-state index < -0.39 is 40.2 Å². The Morgan fingerprint density at radius 3 is 2.35 bits per heavy atom. The van der Waals surface area contributed by atoms with Crippen molar-refractivity contribution in [3.63, 3.8) is 0 Å². The normalized spacial score (nSPS) is 12.3. The van der Waals surface area contributed by atoms with Crippen molar-refractivity contribution >= 4 is 23.1 Å². The summed E-state index contributed by atoms with van der Waals surface area (Å²) >= 11 is 0. The van der Waals surface area contributed by atoms with E-state index in [0.717, 1.165) is 10.8 Å². The van der Waals surface area contributed by atoms with E-state index in [9.17, 15) is 26.7 Å². The molecular weight excluding hydrogens is 459 g/mol. The lowest BCUT2D eigenvalue weighted by Crippen LogP contribution is -2.34. The first-order valence-corrected chi connectivity index (χ1v) is 10.1. The second-order valence-corrected chi connectivity index (χ2v) is 7.53. The van der Waals surface area contributed by atoms with Gasteiger partial charge in [0.1, 0.15) is 11.0 Å². The van der Waals surface area contributed by atoms with Gasteiger partial charge < -0.3 is 10.6 Å². The number of allylic oxidation sites excluding steroid dienone is 1. The molecule has 0 amide bonds. The average Bonchev–Trinajstić information content (AvgIpc) is 3.17. The Kier molecular flexibility index (Phi) is 7.36. The van der Waals surface area contributed by atoms with Crippen LogP contribution in [0.2, 0.25) is 0 Å². The van der Waals surface area contributed by atoms with Gasteiger partial charge in [0, 0.05) is 19.6 Å². The van der Waals surface area contributed by atoms with Crippen LogP contribution in [0.15, 0.2) is 17.1 Å². The molecule has 2 aromatic heterocycles. The predicted octanol–water partition coefficient (Wildman–Crippen LogP) is 2.81. The third kappa shape index (κ3) is 4.65. The molecule has 1 unspecified atom stereocenters. The van der Waals surface area contributed by atoms with Gasteiger partial charge in [-0.3, -0.25) is 9.36 Å². The Labute approximate surface area is 191 Å². The van der Waals surface area contributed by atoms with Crippen LogP contribution in [0, 0.1) is 40.9 Å². The van der Waals surface area contributed by atoms with Crippen molar-refractivity contribution in [2.75, 3.05) is 18.5 Å². The van der Waals surface area contributed by atoms with E-state index in [-0.39, 0.29) is 24.6 Å². The number of nitrogens with two attached hydrogens (primary N) is 1. The molecule has 34 heavy (non-hydrogen) atoms. The van der Waals surface area contributed by atoms with Gasteiger partial charge in [0.15, 0.2) is 23.3 Å². The molecule has 2 heterocycles. The number of nitrogens with zero attached hydrogens (tertiary/aromatic N) is 5. The minimum Gasteiger partial charge on any atom is -0.344 e. The Bertz CT molecular complexity index is 1350. The van der Waals surface area contributed by atoms with Crippen molar-refractivity contribution in [2.24, 2.45) is 5.73 Å². The fourth-order valence-electron chi connectivity index (χ4n) is 3.35. The highest BCUT2D eigenvalue weighted by atomic mass is 19.2. The van der Waals surface area contributed by atoms with Crippen molar-refractivity contribution in [2.45, 2.75) is 33.0 Å². The number of benzene rings is 1. The molecule has 0 saturated heterocycles. The molecule has 0 radical (unpaired) electrons. The summed E-state index contributed by atoms with van der Waals surface area (Å²) in [6, 6.07) is -0.169. The smallest absolute Gasteiger partial charge is 0.293 e. The highest BCUT2D eigenvalue weighted by molar-refractivity contribution is 5.77. The zero-order valence-corrected chi connectivity index (χ0v) is 18.5. The molecule has 0 spiro atoms. The van der Waals surface area contributed by atoms with Crippen molar-refractivity contribution in [1.29, 1.82) is 0 Å². The molecule has 0 bridgehead atoms. The average molecular weight is 480 g/mol. The lowest BCUT2D eigenvalue weighted by Gasteiger charge is -2.20. The van der Waals surface area contributed by atoms with Crippen LogP contribution in [-0.2, 0) is 13.1 Å². The molecule has 0 aliphatic rings. The van der Waals surface area contributed by atoms with E-state index in [0.29, 0.717) is 24.1 Å². The molecule has 1 atom stereocenters. The Morgan fingerprint density at radius 2 is 1.76 bits per heavy atom. The summed E-state index contributed by atoms with van der Waals surface area (Å²) < 4.78 is 70.3. The second kappa shape index (κ2) is 10.0. The quantitative estimate of drug-likeness (QED) is 0.244. The molecule has 0 fully saturated rings. The van der Waals surface area contributed by atoms with Gasteiger partial charge in [0.05, 0.1) is 24.8 Å². The maximum atomic E-state index is 13.9. The fraction of sp³-hybridized carbons (Fsp3) is 0.318. The third-order valence-corrected chi connectivity index (χ3v) is 4.85.